The number of nitrogens with zero attached hydrogens (tertiary/aromatic N) is 4. The third-order valence-electron chi connectivity index (χ3n) is 7.79. The molecule has 0 amide bonds. The number of ether oxygens (including phenoxy) is 1. The van der Waals surface area contributed by atoms with Crippen LogP contribution in [0.1, 0.15) is 35.6 Å². The van der Waals surface area contributed by atoms with Crippen LogP contribution in [0.3, 0.4) is 0 Å². The second-order valence-electron chi connectivity index (χ2n) is 9.86. The van der Waals surface area contributed by atoms with Crippen LogP contribution < -0.4 is 10.5 Å². The molecule has 0 aliphatic carbocycles. The van der Waals surface area contributed by atoms with Gasteiger partial charge in [0.15, 0.2) is 0 Å². The fourth-order valence-corrected chi connectivity index (χ4v) is 6.31. The number of carbonyl (C=O) groups is 1. The quantitative estimate of drug-likeness (QED) is 0.390. The molecule has 4 heterocycles. The number of hydrogen-bond donors (Lipinski definition) is 0. The van der Waals surface area contributed by atoms with Crippen molar-refractivity contribution in [3.05, 3.63) is 112 Å². The zero-order valence-corrected chi connectivity index (χ0v) is 21.0. The monoisotopic (exact) mass is 494 g/mol. The van der Waals surface area contributed by atoms with Gasteiger partial charge in [-0.15, -0.1) is 0 Å². The lowest BCUT2D eigenvalue weighted by Gasteiger charge is -2.39. The van der Waals surface area contributed by atoms with Gasteiger partial charge in [0.05, 0.1) is 12.2 Å². The number of benzene rings is 2. The van der Waals surface area contributed by atoms with Gasteiger partial charge in [0, 0.05) is 37.2 Å². The minimum Gasteiger partial charge on any atom is -0.465 e. The Hall–Kier alpha value is -3.97. The van der Waals surface area contributed by atoms with Gasteiger partial charge in [0.2, 0.25) is 0 Å². The number of likely N-dealkylation sites (N-methyl/N-ethyl adjacent to an activating group) is 1. The van der Waals surface area contributed by atoms with E-state index in [1.54, 1.807) is 10.6 Å². The number of aromatic nitrogens is 2. The Morgan fingerprint density at radius 1 is 1.00 bits per heavy atom. The molecule has 6 rings (SSSR count). The second kappa shape index (κ2) is 9.48. The predicted octanol–water partition coefficient (Wildman–Crippen LogP) is 4.03. The van der Waals surface area contributed by atoms with Crippen molar-refractivity contribution in [1.82, 2.24) is 14.3 Å². The molecule has 0 saturated carbocycles. The number of carbonyl (C=O) groups excluding carboxylic acids is 1. The zero-order chi connectivity index (χ0) is 25.5. The molecule has 188 valence electrons. The maximum Gasteiger partial charge on any atom is 0.324 e. The topological polar surface area (TPSA) is 67.2 Å². The molecule has 4 aromatic rings. The Bertz CT molecular complexity index is 1490. The lowest BCUT2D eigenvalue weighted by molar-refractivity contribution is -0.148. The van der Waals surface area contributed by atoms with Crippen LogP contribution in [-0.4, -0.2) is 46.5 Å². The van der Waals surface area contributed by atoms with E-state index in [0.717, 1.165) is 11.1 Å². The van der Waals surface area contributed by atoms with E-state index in [2.05, 4.69) is 34.1 Å². The summed E-state index contributed by atoms with van der Waals surface area (Å²) in [6, 6.07) is 25.2. The van der Waals surface area contributed by atoms with E-state index < -0.39 is 6.04 Å². The first-order valence-corrected chi connectivity index (χ1v) is 12.8. The summed E-state index contributed by atoms with van der Waals surface area (Å²) in [6.45, 7) is 3.44. The summed E-state index contributed by atoms with van der Waals surface area (Å²) in [5, 5.41) is 0. The predicted molar refractivity (Wildman–Crippen MR) is 143 cm³/mol. The molecule has 4 atom stereocenters. The number of rotatable bonds is 5. The van der Waals surface area contributed by atoms with E-state index in [0.29, 0.717) is 36.7 Å². The summed E-state index contributed by atoms with van der Waals surface area (Å²) < 4.78 is 7.19. The number of anilines is 1. The van der Waals surface area contributed by atoms with Crippen molar-refractivity contribution in [3.63, 3.8) is 0 Å². The standard InChI is InChI=1S/C30H30N4O3/c1-3-37-30(36)27-24(21-14-8-5-9-15-21)22-19-33(18-20-12-6-4-7-13-20)28-25(26(22)32(27)2)29(35)34-17-11-10-16-23(34)31-28/h4-17,22,24,26-27H,3,18-19H2,1-2H3/t22-,24-,26+,27+/m1/s1. The molecule has 2 aliphatic rings. The molecule has 37 heavy (non-hydrogen) atoms. The molecule has 0 spiro atoms. The van der Waals surface area contributed by atoms with Crippen molar-refractivity contribution in [3.8, 4) is 0 Å². The van der Waals surface area contributed by atoms with Gasteiger partial charge in [0.1, 0.15) is 17.5 Å². The Morgan fingerprint density at radius 3 is 2.43 bits per heavy atom. The summed E-state index contributed by atoms with van der Waals surface area (Å²) in [6.07, 6.45) is 1.77. The molecule has 1 saturated heterocycles. The molecule has 2 aromatic heterocycles. The second-order valence-corrected chi connectivity index (χ2v) is 9.86. The van der Waals surface area contributed by atoms with Gasteiger partial charge in [-0.2, -0.15) is 0 Å². The van der Waals surface area contributed by atoms with E-state index in [9.17, 15) is 9.59 Å². The molecule has 2 aliphatic heterocycles. The minimum absolute atomic E-state index is 0.00530. The highest BCUT2D eigenvalue weighted by Gasteiger charge is 2.56. The van der Waals surface area contributed by atoms with Gasteiger partial charge in [0.25, 0.3) is 5.56 Å². The van der Waals surface area contributed by atoms with E-state index in [-0.39, 0.29) is 29.4 Å². The van der Waals surface area contributed by atoms with E-state index in [1.807, 2.05) is 68.6 Å². The molecule has 1 fully saturated rings. The number of likely N-dealkylation sites (tertiary alicyclic amines) is 1. The first-order chi connectivity index (χ1) is 18.1. The van der Waals surface area contributed by atoms with Crippen LogP contribution in [0.15, 0.2) is 89.9 Å². The minimum atomic E-state index is -0.502. The maximum atomic E-state index is 14.1. The molecule has 0 radical (unpaired) electrons. The molecule has 0 unspecified atom stereocenters. The summed E-state index contributed by atoms with van der Waals surface area (Å²) in [7, 11) is 1.94. The summed E-state index contributed by atoms with van der Waals surface area (Å²) in [5.74, 6) is 0.314. The van der Waals surface area contributed by atoms with Crippen molar-refractivity contribution >= 4 is 17.4 Å². The Labute approximate surface area is 215 Å². The van der Waals surface area contributed by atoms with Gasteiger partial charge >= 0.3 is 5.97 Å². The van der Waals surface area contributed by atoms with Crippen LogP contribution in [0.2, 0.25) is 0 Å². The number of hydrogen-bond acceptors (Lipinski definition) is 6. The summed E-state index contributed by atoms with van der Waals surface area (Å²) in [4.78, 5) is 36.7. The fraction of sp³-hybridized carbons (Fsp3) is 0.300. The van der Waals surface area contributed by atoms with Crippen molar-refractivity contribution in [2.75, 3.05) is 25.1 Å². The number of pyridine rings is 1. The first kappa shape index (κ1) is 23.4. The van der Waals surface area contributed by atoms with Crippen LogP contribution in [0.4, 0.5) is 5.82 Å². The molecular formula is C30H30N4O3. The van der Waals surface area contributed by atoms with Crippen LogP contribution >= 0.6 is 0 Å². The van der Waals surface area contributed by atoms with E-state index in [4.69, 9.17) is 9.72 Å². The zero-order valence-electron chi connectivity index (χ0n) is 21.0. The van der Waals surface area contributed by atoms with Crippen LogP contribution in [-0.2, 0) is 16.1 Å². The molecule has 0 bridgehead atoms. The maximum absolute atomic E-state index is 14.1. The summed E-state index contributed by atoms with van der Waals surface area (Å²) >= 11 is 0. The smallest absolute Gasteiger partial charge is 0.324 e. The van der Waals surface area contributed by atoms with Crippen molar-refractivity contribution in [2.45, 2.75) is 31.5 Å². The van der Waals surface area contributed by atoms with Crippen LogP contribution in [0, 0.1) is 5.92 Å². The van der Waals surface area contributed by atoms with Gasteiger partial charge < -0.3 is 9.64 Å². The number of esters is 1. The molecule has 7 nitrogen and oxygen atoms in total. The van der Waals surface area contributed by atoms with Gasteiger partial charge in [-0.25, -0.2) is 4.98 Å². The SMILES string of the molecule is CCOC(=O)[C@@H]1[C@H](c2ccccc2)[C@H]2CN(Cc3ccccc3)c3nc4ccccn4c(=O)c3[C@H]2N1C. The third kappa shape index (κ3) is 3.90. The van der Waals surface area contributed by atoms with Crippen molar-refractivity contribution in [2.24, 2.45) is 5.92 Å². The lowest BCUT2D eigenvalue weighted by Crippen LogP contribution is -2.44. The summed E-state index contributed by atoms with van der Waals surface area (Å²) in [5.41, 5.74) is 3.40. The highest BCUT2D eigenvalue weighted by molar-refractivity contribution is 5.78. The normalized spacial score (nSPS) is 23.0. The largest absolute Gasteiger partial charge is 0.465 e. The first-order valence-electron chi connectivity index (χ1n) is 12.8. The lowest BCUT2D eigenvalue weighted by atomic mass is 9.78. The average molecular weight is 495 g/mol. The Morgan fingerprint density at radius 2 is 1.70 bits per heavy atom. The highest BCUT2D eigenvalue weighted by atomic mass is 16.5. The van der Waals surface area contributed by atoms with Gasteiger partial charge in [-0.3, -0.25) is 18.9 Å². The van der Waals surface area contributed by atoms with Crippen LogP contribution in [0.25, 0.3) is 5.65 Å². The molecule has 7 heteroatoms. The van der Waals surface area contributed by atoms with E-state index in [1.165, 1.54) is 0 Å². The molecule has 0 N–H and O–H groups in total. The van der Waals surface area contributed by atoms with E-state index >= 15 is 0 Å². The van der Waals surface area contributed by atoms with Gasteiger partial charge in [-0.05, 0) is 37.2 Å². The Kier molecular flexibility index (Phi) is 6.00. The van der Waals surface area contributed by atoms with Gasteiger partial charge in [-0.1, -0.05) is 66.7 Å². The fourth-order valence-electron chi connectivity index (χ4n) is 6.31. The van der Waals surface area contributed by atoms with Crippen molar-refractivity contribution < 1.29 is 9.53 Å². The highest BCUT2D eigenvalue weighted by Crippen LogP contribution is 2.53. The third-order valence-corrected chi connectivity index (χ3v) is 7.79. The molecular weight excluding hydrogens is 464 g/mol. The van der Waals surface area contributed by atoms with Crippen LogP contribution in [0.5, 0.6) is 0 Å². The average Bonchev–Trinajstić information content (AvgIpc) is 3.22. The van der Waals surface area contributed by atoms with Crippen molar-refractivity contribution in [1.29, 1.82) is 0 Å². The Balaban J connectivity index is 1.56. The molecule has 2 aromatic carbocycles. The number of fused-ring (bicyclic) bond motifs is 4.